The maximum Gasteiger partial charge on any atom is 0.243 e. The first kappa shape index (κ1) is 22.4. The molecular weight excluding hydrogens is 450 g/mol. The number of carbonyl (C=O) groups is 1. The predicted octanol–water partition coefficient (Wildman–Crippen LogP) is 3.43. The van der Waals surface area contributed by atoms with Gasteiger partial charge in [-0.25, -0.2) is 13.4 Å². The van der Waals surface area contributed by atoms with Gasteiger partial charge in [0.25, 0.3) is 0 Å². The number of morpholine rings is 1. The summed E-state index contributed by atoms with van der Waals surface area (Å²) in [4.78, 5) is 18.5. The van der Waals surface area contributed by atoms with Gasteiger partial charge in [0.2, 0.25) is 15.9 Å². The van der Waals surface area contributed by atoms with Gasteiger partial charge in [-0.05, 0) is 36.4 Å². The summed E-state index contributed by atoms with van der Waals surface area (Å²) in [5.41, 5.74) is 1.43. The van der Waals surface area contributed by atoms with E-state index >= 15 is 0 Å². The molecule has 1 fully saturated rings. The number of sulfonamides is 1. The summed E-state index contributed by atoms with van der Waals surface area (Å²) in [7, 11) is -3.54. The van der Waals surface area contributed by atoms with Crippen molar-refractivity contribution in [3.63, 3.8) is 0 Å². The van der Waals surface area contributed by atoms with E-state index in [1.54, 1.807) is 29.2 Å². The minimum Gasteiger partial charge on any atom is -0.487 e. The van der Waals surface area contributed by atoms with Crippen LogP contribution in [0, 0.1) is 0 Å². The summed E-state index contributed by atoms with van der Waals surface area (Å²) < 4.78 is 37.8. The molecule has 168 valence electrons. The highest BCUT2D eigenvalue weighted by molar-refractivity contribution is 7.89. The Hall–Kier alpha value is -2.79. The van der Waals surface area contributed by atoms with Crippen molar-refractivity contribution < 1.29 is 22.7 Å². The van der Waals surface area contributed by atoms with E-state index in [0.29, 0.717) is 42.9 Å². The van der Waals surface area contributed by atoms with Crippen LogP contribution in [0.25, 0.3) is 0 Å². The molecule has 0 aliphatic carbocycles. The normalized spacial score (nSPS) is 14.8. The SMILES string of the molecule is CC(=O)N(c1ccccc1)c1nc(COc2ccc(S(=O)(=O)N3CCOCC3)cc2)cs1. The van der Waals surface area contributed by atoms with Crippen molar-refractivity contribution in [1.29, 1.82) is 0 Å². The first-order valence-electron chi connectivity index (χ1n) is 10.1. The molecule has 1 aromatic heterocycles. The number of benzene rings is 2. The third kappa shape index (κ3) is 4.99. The van der Waals surface area contributed by atoms with Crippen molar-refractivity contribution in [3.8, 4) is 5.75 Å². The first-order valence-corrected chi connectivity index (χ1v) is 12.4. The van der Waals surface area contributed by atoms with E-state index in [9.17, 15) is 13.2 Å². The molecule has 0 bridgehead atoms. The van der Waals surface area contributed by atoms with Gasteiger partial charge in [-0.15, -0.1) is 11.3 Å². The highest BCUT2D eigenvalue weighted by Crippen LogP contribution is 2.29. The fraction of sp³-hybridized carbons (Fsp3) is 0.273. The van der Waals surface area contributed by atoms with Gasteiger partial charge >= 0.3 is 0 Å². The second kappa shape index (κ2) is 9.78. The molecule has 1 amide bonds. The fourth-order valence-electron chi connectivity index (χ4n) is 3.27. The van der Waals surface area contributed by atoms with E-state index in [4.69, 9.17) is 9.47 Å². The van der Waals surface area contributed by atoms with Gasteiger partial charge in [-0.3, -0.25) is 9.69 Å². The molecule has 1 aliphatic heterocycles. The highest BCUT2D eigenvalue weighted by atomic mass is 32.2. The number of carbonyl (C=O) groups excluding carboxylic acids is 1. The number of amides is 1. The van der Waals surface area contributed by atoms with Crippen molar-refractivity contribution in [1.82, 2.24) is 9.29 Å². The number of hydrogen-bond acceptors (Lipinski definition) is 7. The highest BCUT2D eigenvalue weighted by Gasteiger charge is 2.26. The number of aromatic nitrogens is 1. The van der Waals surface area contributed by atoms with Gasteiger partial charge in [0.1, 0.15) is 12.4 Å². The fourth-order valence-corrected chi connectivity index (χ4v) is 5.55. The van der Waals surface area contributed by atoms with Crippen LogP contribution in [0.15, 0.2) is 64.9 Å². The molecule has 0 N–H and O–H groups in total. The van der Waals surface area contributed by atoms with E-state index in [0.717, 1.165) is 5.69 Å². The van der Waals surface area contributed by atoms with E-state index in [1.165, 1.54) is 22.6 Å². The zero-order chi connectivity index (χ0) is 22.6. The van der Waals surface area contributed by atoms with Gasteiger partial charge in [0.15, 0.2) is 5.13 Å². The van der Waals surface area contributed by atoms with Crippen molar-refractivity contribution in [2.75, 3.05) is 31.2 Å². The van der Waals surface area contributed by atoms with Crippen LogP contribution in [0.4, 0.5) is 10.8 Å². The van der Waals surface area contributed by atoms with E-state index in [-0.39, 0.29) is 17.4 Å². The zero-order valence-corrected chi connectivity index (χ0v) is 19.1. The average Bonchev–Trinajstić information content (AvgIpc) is 3.27. The smallest absolute Gasteiger partial charge is 0.243 e. The molecule has 3 aromatic rings. The van der Waals surface area contributed by atoms with Crippen LogP contribution in [0.3, 0.4) is 0 Å². The molecule has 1 aliphatic rings. The summed E-state index contributed by atoms with van der Waals surface area (Å²) >= 11 is 1.36. The standard InChI is InChI=1S/C22H23N3O5S2/c1-17(26)25(19-5-3-2-4-6-19)22-23-18(16-31-22)15-30-20-7-9-21(10-8-20)32(27,28)24-11-13-29-14-12-24/h2-10,16H,11-15H2,1H3. The minimum absolute atomic E-state index is 0.130. The third-order valence-corrected chi connectivity index (χ3v) is 7.67. The topological polar surface area (TPSA) is 89.0 Å². The number of anilines is 2. The van der Waals surface area contributed by atoms with Gasteiger partial charge in [0, 0.05) is 25.4 Å². The Morgan fingerprint density at radius 3 is 2.47 bits per heavy atom. The molecule has 0 saturated carbocycles. The second-order valence-corrected chi connectivity index (χ2v) is 9.86. The monoisotopic (exact) mass is 473 g/mol. The summed E-state index contributed by atoms with van der Waals surface area (Å²) in [5.74, 6) is 0.405. The van der Waals surface area contributed by atoms with Crippen molar-refractivity contribution in [2.45, 2.75) is 18.4 Å². The second-order valence-electron chi connectivity index (χ2n) is 7.09. The Bertz CT molecular complexity index is 1160. The van der Waals surface area contributed by atoms with E-state index in [2.05, 4.69) is 4.98 Å². The molecule has 2 heterocycles. The van der Waals surface area contributed by atoms with Crippen molar-refractivity contribution in [2.24, 2.45) is 0 Å². The summed E-state index contributed by atoms with van der Waals surface area (Å²) in [6.07, 6.45) is 0. The van der Waals surface area contributed by atoms with Crippen molar-refractivity contribution >= 4 is 38.1 Å². The molecule has 0 unspecified atom stereocenters. The summed E-state index contributed by atoms with van der Waals surface area (Å²) in [6, 6.07) is 15.7. The number of hydrogen-bond donors (Lipinski definition) is 0. The zero-order valence-electron chi connectivity index (χ0n) is 17.5. The third-order valence-electron chi connectivity index (χ3n) is 4.88. The molecule has 8 nitrogen and oxygen atoms in total. The molecule has 0 radical (unpaired) electrons. The van der Waals surface area contributed by atoms with Crippen molar-refractivity contribution in [3.05, 3.63) is 65.7 Å². The van der Waals surface area contributed by atoms with Crippen LogP contribution < -0.4 is 9.64 Å². The Morgan fingerprint density at radius 2 is 1.81 bits per heavy atom. The first-order chi connectivity index (χ1) is 15.4. The number of ether oxygens (including phenoxy) is 2. The predicted molar refractivity (Wildman–Crippen MR) is 122 cm³/mol. The molecule has 0 spiro atoms. The van der Waals surface area contributed by atoms with E-state index < -0.39 is 10.0 Å². The van der Waals surface area contributed by atoms with Crippen LogP contribution in [-0.2, 0) is 26.2 Å². The van der Waals surface area contributed by atoms with E-state index in [1.807, 2.05) is 35.7 Å². The molecule has 0 atom stereocenters. The minimum atomic E-state index is -3.54. The average molecular weight is 474 g/mol. The lowest BCUT2D eigenvalue weighted by molar-refractivity contribution is -0.115. The molecular formula is C22H23N3O5S2. The maximum atomic E-state index is 12.7. The maximum absolute atomic E-state index is 12.7. The summed E-state index contributed by atoms with van der Waals surface area (Å²) in [5, 5.41) is 2.40. The molecule has 32 heavy (non-hydrogen) atoms. The molecule has 2 aromatic carbocycles. The van der Waals surface area contributed by atoms with Crippen LogP contribution >= 0.6 is 11.3 Å². The number of nitrogens with zero attached hydrogens (tertiary/aromatic N) is 3. The molecule has 1 saturated heterocycles. The molecule has 10 heteroatoms. The number of rotatable bonds is 7. The molecule has 4 rings (SSSR count). The Kier molecular flexibility index (Phi) is 6.85. The Morgan fingerprint density at radius 1 is 1.12 bits per heavy atom. The van der Waals surface area contributed by atoms with Crippen LogP contribution in [0.2, 0.25) is 0 Å². The lowest BCUT2D eigenvalue weighted by Crippen LogP contribution is -2.40. The number of thiazole rings is 1. The van der Waals surface area contributed by atoms with Gasteiger partial charge in [-0.1, -0.05) is 18.2 Å². The van der Waals surface area contributed by atoms with Crippen LogP contribution in [0.5, 0.6) is 5.75 Å². The van der Waals surface area contributed by atoms with Crippen LogP contribution in [-0.4, -0.2) is 49.9 Å². The summed E-state index contributed by atoms with van der Waals surface area (Å²) in [6.45, 7) is 3.21. The van der Waals surface area contributed by atoms with Gasteiger partial charge in [0.05, 0.1) is 29.5 Å². The van der Waals surface area contributed by atoms with Gasteiger partial charge < -0.3 is 9.47 Å². The number of para-hydroxylation sites is 1. The van der Waals surface area contributed by atoms with Crippen LogP contribution in [0.1, 0.15) is 12.6 Å². The Balaban J connectivity index is 1.41. The largest absolute Gasteiger partial charge is 0.487 e. The van der Waals surface area contributed by atoms with Gasteiger partial charge in [-0.2, -0.15) is 4.31 Å². The lowest BCUT2D eigenvalue weighted by Gasteiger charge is -2.26. The Labute approximate surface area is 191 Å². The lowest BCUT2D eigenvalue weighted by atomic mass is 10.3. The quantitative estimate of drug-likeness (QED) is 0.522.